The van der Waals surface area contributed by atoms with E-state index in [1.807, 2.05) is 42.5 Å². The fourth-order valence-corrected chi connectivity index (χ4v) is 2.35. The van der Waals surface area contributed by atoms with Crippen molar-refractivity contribution in [3.63, 3.8) is 0 Å². The molecule has 0 atom stereocenters. The second kappa shape index (κ2) is 7.11. The lowest BCUT2D eigenvalue weighted by atomic mass is 10.2. The average Bonchev–Trinajstić information content (AvgIpc) is 3.03. The van der Waals surface area contributed by atoms with Crippen LogP contribution in [0.2, 0.25) is 5.02 Å². The van der Waals surface area contributed by atoms with Crippen LogP contribution in [-0.2, 0) is 13.1 Å². The van der Waals surface area contributed by atoms with Crippen LogP contribution in [0.3, 0.4) is 0 Å². The highest BCUT2D eigenvalue weighted by molar-refractivity contribution is 6.30. The van der Waals surface area contributed by atoms with E-state index in [0.29, 0.717) is 23.7 Å². The number of halogens is 1. The maximum absolute atomic E-state index is 12.2. The quantitative estimate of drug-likeness (QED) is 0.780. The van der Waals surface area contributed by atoms with Crippen LogP contribution in [0.25, 0.3) is 0 Å². The van der Waals surface area contributed by atoms with Gasteiger partial charge in [0.25, 0.3) is 5.91 Å². The van der Waals surface area contributed by atoms with Crippen LogP contribution in [0.15, 0.2) is 67.0 Å². The van der Waals surface area contributed by atoms with Crippen LogP contribution in [0.1, 0.15) is 21.5 Å². The topological polar surface area (TPSA) is 46.9 Å². The highest BCUT2D eigenvalue weighted by Crippen LogP contribution is 2.09. The minimum Gasteiger partial charge on any atom is -0.348 e. The minimum atomic E-state index is -0.140. The van der Waals surface area contributed by atoms with Crippen molar-refractivity contribution in [1.82, 2.24) is 15.1 Å². The second-order valence-electron chi connectivity index (χ2n) is 5.22. The maximum atomic E-state index is 12.2. The summed E-state index contributed by atoms with van der Waals surface area (Å²) in [4.78, 5) is 12.2. The average molecular weight is 326 g/mol. The van der Waals surface area contributed by atoms with Crippen LogP contribution >= 0.6 is 11.6 Å². The molecular weight excluding hydrogens is 310 g/mol. The molecule has 5 heteroatoms. The number of benzene rings is 2. The number of aromatic nitrogens is 2. The molecule has 0 saturated heterocycles. The lowest BCUT2D eigenvalue weighted by molar-refractivity contribution is 0.0951. The van der Waals surface area contributed by atoms with Crippen LogP contribution in [0.4, 0.5) is 0 Å². The van der Waals surface area contributed by atoms with Gasteiger partial charge in [0.1, 0.15) is 0 Å². The Morgan fingerprint density at radius 3 is 2.52 bits per heavy atom. The third kappa shape index (κ3) is 4.20. The Bertz CT molecular complexity index is 782. The first-order chi connectivity index (χ1) is 11.2. The van der Waals surface area contributed by atoms with Crippen LogP contribution < -0.4 is 5.32 Å². The Hall–Kier alpha value is -2.59. The summed E-state index contributed by atoms with van der Waals surface area (Å²) < 4.78 is 1.76. The molecule has 1 amide bonds. The number of nitrogens with zero attached hydrogens (tertiary/aromatic N) is 2. The van der Waals surface area contributed by atoms with Gasteiger partial charge in [0, 0.05) is 17.8 Å². The van der Waals surface area contributed by atoms with E-state index in [1.165, 1.54) is 0 Å². The summed E-state index contributed by atoms with van der Waals surface area (Å²) in [5, 5.41) is 7.80. The monoisotopic (exact) mass is 325 g/mol. The Morgan fingerprint density at radius 1 is 1.04 bits per heavy atom. The van der Waals surface area contributed by atoms with Gasteiger partial charge in [-0.25, -0.2) is 0 Å². The van der Waals surface area contributed by atoms with Gasteiger partial charge in [-0.2, -0.15) is 5.10 Å². The molecule has 1 N–H and O–H groups in total. The van der Waals surface area contributed by atoms with E-state index in [-0.39, 0.29) is 5.91 Å². The fraction of sp³-hybridized carbons (Fsp3) is 0.111. The van der Waals surface area contributed by atoms with Crippen molar-refractivity contribution in [2.24, 2.45) is 0 Å². The summed E-state index contributed by atoms with van der Waals surface area (Å²) in [5.74, 6) is -0.140. The van der Waals surface area contributed by atoms with Crippen LogP contribution in [0, 0.1) is 0 Å². The lowest BCUT2D eigenvalue weighted by Crippen LogP contribution is -2.22. The molecule has 4 nitrogen and oxygen atoms in total. The van der Waals surface area contributed by atoms with E-state index >= 15 is 0 Å². The molecule has 0 saturated carbocycles. The third-order valence-electron chi connectivity index (χ3n) is 3.45. The summed E-state index contributed by atoms with van der Waals surface area (Å²) in [6, 6.07) is 17.4. The number of nitrogens with one attached hydrogen (secondary N) is 1. The fourth-order valence-electron chi connectivity index (χ4n) is 2.22. The highest BCUT2D eigenvalue weighted by Gasteiger charge is 2.08. The Kier molecular flexibility index (Phi) is 4.74. The van der Waals surface area contributed by atoms with Crippen molar-refractivity contribution in [3.8, 4) is 0 Å². The summed E-state index contributed by atoms with van der Waals surface area (Å²) in [5.41, 5.74) is 2.69. The molecule has 0 aliphatic heterocycles. The lowest BCUT2D eigenvalue weighted by Gasteiger charge is -2.04. The van der Waals surface area contributed by atoms with E-state index < -0.39 is 0 Å². The summed E-state index contributed by atoms with van der Waals surface area (Å²) in [6.07, 6.45) is 3.34. The molecule has 1 aromatic heterocycles. The van der Waals surface area contributed by atoms with Gasteiger partial charge in [0.2, 0.25) is 0 Å². The second-order valence-corrected chi connectivity index (χ2v) is 5.66. The molecule has 0 radical (unpaired) electrons. The minimum absolute atomic E-state index is 0.140. The molecular formula is C18H16ClN3O. The Labute approximate surface area is 139 Å². The number of rotatable bonds is 5. The summed E-state index contributed by atoms with van der Waals surface area (Å²) in [6.45, 7) is 1.10. The van der Waals surface area contributed by atoms with E-state index in [4.69, 9.17) is 11.6 Å². The van der Waals surface area contributed by atoms with Crippen LogP contribution in [-0.4, -0.2) is 15.7 Å². The van der Waals surface area contributed by atoms with Crippen molar-refractivity contribution in [3.05, 3.63) is 88.7 Å². The molecule has 3 aromatic rings. The van der Waals surface area contributed by atoms with Crippen molar-refractivity contribution >= 4 is 17.5 Å². The molecule has 1 heterocycles. The number of carbonyl (C=O) groups is 1. The van der Waals surface area contributed by atoms with E-state index in [9.17, 15) is 4.79 Å². The third-order valence-corrected chi connectivity index (χ3v) is 3.70. The molecule has 0 spiro atoms. The van der Waals surface area contributed by atoms with Gasteiger partial charge in [0.15, 0.2) is 0 Å². The molecule has 23 heavy (non-hydrogen) atoms. The van der Waals surface area contributed by atoms with E-state index in [2.05, 4.69) is 10.4 Å². The highest BCUT2D eigenvalue weighted by atomic mass is 35.5. The predicted octanol–water partition coefficient (Wildman–Crippen LogP) is 3.51. The maximum Gasteiger partial charge on any atom is 0.254 e. The standard InChI is InChI=1S/C18H16ClN3O/c19-17-8-6-14(7-9-17)10-20-18(23)16-11-21-22(13-16)12-15-4-2-1-3-5-15/h1-9,11,13H,10,12H2,(H,20,23). The van der Waals surface area contributed by atoms with Gasteiger partial charge < -0.3 is 5.32 Å². The smallest absolute Gasteiger partial charge is 0.254 e. The summed E-state index contributed by atoms with van der Waals surface area (Å²) >= 11 is 5.84. The summed E-state index contributed by atoms with van der Waals surface area (Å²) in [7, 11) is 0. The number of hydrogen-bond acceptors (Lipinski definition) is 2. The largest absolute Gasteiger partial charge is 0.348 e. The number of carbonyl (C=O) groups excluding carboxylic acids is 1. The zero-order chi connectivity index (χ0) is 16.1. The Morgan fingerprint density at radius 2 is 1.78 bits per heavy atom. The van der Waals surface area contributed by atoms with Gasteiger partial charge in [0.05, 0.1) is 18.3 Å². The van der Waals surface area contributed by atoms with Crippen molar-refractivity contribution < 1.29 is 4.79 Å². The van der Waals surface area contributed by atoms with Gasteiger partial charge in [-0.1, -0.05) is 54.1 Å². The van der Waals surface area contributed by atoms with Crippen molar-refractivity contribution in [1.29, 1.82) is 0 Å². The Balaban J connectivity index is 1.59. The molecule has 0 fully saturated rings. The van der Waals surface area contributed by atoms with Gasteiger partial charge in [-0.15, -0.1) is 0 Å². The SMILES string of the molecule is O=C(NCc1ccc(Cl)cc1)c1cnn(Cc2ccccc2)c1. The number of hydrogen-bond donors (Lipinski definition) is 1. The predicted molar refractivity (Wildman–Crippen MR) is 90.4 cm³/mol. The van der Waals surface area contributed by atoms with Crippen molar-refractivity contribution in [2.75, 3.05) is 0 Å². The molecule has 2 aromatic carbocycles. The normalized spacial score (nSPS) is 10.5. The molecule has 0 aliphatic rings. The first kappa shape index (κ1) is 15.3. The van der Waals surface area contributed by atoms with Gasteiger partial charge in [-0.3, -0.25) is 9.48 Å². The van der Waals surface area contributed by atoms with E-state index in [0.717, 1.165) is 11.1 Å². The van der Waals surface area contributed by atoms with Gasteiger partial charge >= 0.3 is 0 Å². The molecule has 0 aliphatic carbocycles. The molecule has 0 unspecified atom stereocenters. The van der Waals surface area contributed by atoms with E-state index in [1.54, 1.807) is 29.2 Å². The van der Waals surface area contributed by atoms with Crippen molar-refractivity contribution in [2.45, 2.75) is 13.1 Å². The first-order valence-electron chi connectivity index (χ1n) is 7.30. The van der Waals surface area contributed by atoms with Crippen LogP contribution in [0.5, 0.6) is 0 Å². The molecule has 3 rings (SSSR count). The molecule has 0 bridgehead atoms. The zero-order valence-electron chi connectivity index (χ0n) is 12.4. The molecule has 116 valence electrons. The zero-order valence-corrected chi connectivity index (χ0v) is 13.2. The van der Waals surface area contributed by atoms with Gasteiger partial charge in [-0.05, 0) is 23.3 Å². The number of amides is 1. The first-order valence-corrected chi connectivity index (χ1v) is 7.67.